The number of nitrogens with one attached hydrogen (secondary N) is 1. The molecule has 4 amide bonds. The van der Waals surface area contributed by atoms with Crippen LogP contribution in [0.4, 0.5) is 0 Å². The zero-order chi connectivity index (χ0) is 36.5. The van der Waals surface area contributed by atoms with Crippen LogP contribution in [-0.2, 0) is 25.7 Å². The predicted molar refractivity (Wildman–Crippen MR) is 193 cm³/mol. The second-order valence-corrected chi connectivity index (χ2v) is 15.5. The lowest BCUT2D eigenvalue weighted by Gasteiger charge is -2.41. The van der Waals surface area contributed by atoms with Crippen molar-refractivity contribution < 1.29 is 19.2 Å². The standard InChI is InChI=1S/C39H60N6O4/c1-27(2)33(42(9)38(49)34(39(6,7)8)41-35(46)31-19-13-14-23-44(31)28(3)4)25-29(5)36(47)45-24-15-20-32(45)37(48)43(22-16-21-40)26-30-17-11-10-12-18-30/h10-12,17-18,25,27-28,31-34H,13-16,19-20,22-24,26H2,1-9H3,(H,41,46)/t31?,32-,33+,34+/m0/s1. The monoisotopic (exact) mass is 676 g/mol. The van der Waals surface area contributed by atoms with Gasteiger partial charge in [-0.25, -0.2) is 0 Å². The van der Waals surface area contributed by atoms with E-state index in [1.54, 1.807) is 28.7 Å². The van der Waals surface area contributed by atoms with Crippen molar-refractivity contribution >= 4 is 23.6 Å². The molecule has 270 valence electrons. The first-order chi connectivity index (χ1) is 23.1. The van der Waals surface area contributed by atoms with Gasteiger partial charge in [0.15, 0.2) is 0 Å². The maximum atomic E-state index is 14.2. The smallest absolute Gasteiger partial charge is 0.249 e. The van der Waals surface area contributed by atoms with Crippen LogP contribution in [0, 0.1) is 22.7 Å². The number of nitrogens with zero attached hydrogens (tertiary/aromatic N) is 5. The lowest BCUT2D eigenvalue weighted by molar-refractivity contribution is -0.142. The van der Waals surface area contributed by atoms with Gasteiger partial charge in [0.2, 0.25) is 23.6 Å². The van der Waals surface area contributed by atoms with E-state index in [0.29, 0.717) is 38.0 Å². The summed E-state index contributed by atoms with van der Waals surface area (Å²) in [7, 11) is 1.74. The van der Waals surface area contributed by atoms with Crippen molar-refractivity contribution in [2.24, 2.45) is 11.3 Å². The Hall–Kier alpha value is -3.71. The minimum atomic E-state index is -0.754. The number of likely N-dealkylation sites (tertiary alicyclic amines) is 2. The molecule has 1 aromatic carbocycles. The van der Waals surface area contributed by atoms with Gasteiger partial charge in [-0.1, -0.05) is 77.4 Å². The number of amides is 4. The number of benzene rings is 1. The van der Waals surface area contributed by atoms with Gasteiger partial charge in [-0.2, -0.15) is 5.26 Å². The fourth-order valence-corrected chi connectivity index (χ4v) is 7.13. The van der Waals surface area contributed by atoms with E-state index in [4.69, 9.17) is 0 Å². The molecule has 0 radical (unpaired) electrons. The highest BCUT2D eigenvalue weighted by molar-refractivity contribution is 5.97. The Morgan fingerprint density at radius 1 is 1.00 bits per heavy atom. The largest absolute Gasteiger partial charge is 0.342 e. The summed E-state index contributed by atoms with van der Waals surface area (Å²) in [6.45, 7) is 17.8. The molecule has 0 bridgehead atoms. The van der Waals surface area contributed by atoms with E-state index in [9.17, 15) is 24.4 Å². The zero-order valence-corrected chi connectivity index (χ0v) is 31.4. The maximum Gasteiger partial charge on any atom is 0.249 e. The summed E-state index contributed by atoms with van der Waals surface area (Å²) < 4.78 is 0. The number of carbonyl (C=O) groups is 4. The van der Waals surface area contributed by atoms with Crippen molar-refractivity contribution in [2.75, 3.05) is 26.7 Å². The topological polar surface area (TPSA) is 117 Å². The number of hydrogen-bond donors (Lipinski definition) is 1. The molecule has 2 aliphatic heterocycles. The molecule has 0 spiro atoms. The molecule has 0 aromatic heterocycles. The molecule has 2 fully saturated rings. The van der Waals surface area contributed by atoms with Gasteiger partial charge in [0.25, 0.3) is 0 Å². The average molecular weight is 677 g/mol. The van der Waals surface area contributed by atoms with Gasteiger partial charge in [-0.3, -0.25) is 24.1 Å². The summed E-state index contributed by atoms with van der Waals surface area (Å²) in [5, 5.41) is 12.4. The lowest BCUT2D eigenvalue weighted by Crippen LogP contribution is -2.60. The van der Waals surface area contributed by atoms with E-state index in [2.05, 4.69) is 30.1 Å². The van der Waals surface area contributed by atoms with Crippen LogP contribution in [0.2, 0.25) is 0 Å². The molecule has 49 heavy (non-hydrogen) atoms. The van der Waals surface area contributed by atoms with Crippen LogP contribution < -0.4 is 5.32 Å². The fraction of sp³-hybridized carbons (Fsp3) is 0.667. The number of piperidine rings is 1. The first-order valence-corrected chi connectivity index (χ1v) is 18.1. The summed E-state index contributed by atoms with van der Waals surface area (Å²) in [4.78, 5) is 63.0. The maximum absolute atomic E-state index is 14.2. The average Bonchev–Trinajstić information content (AvgIpc) is 3.56. The second kappa shape index (κ2) is 17.8. The Kier molecular flexibility index (Phi) is 14.4. The molecule has 2 heterocycles. The second-order valence-electron chi connectivity index (χ2n) is 15.5. The Morgan fingerprint density at radius 3 is 2.24 bits per heavy atom. The molecule has 3 rings (SSSR count). The third-order valence-corrected chi connectivity index (χ3v) is 9.97. The first-order valence-electron chi connectivity index (χ1n) is 18.1. The molecule has 1 N–H and O–H groups in total. The normalized spacial score (nSPS) is 20.1. The molecular formula is C39H60N6O4. The Labute approximate surface area is 294 Å². The van der Waals surface area contributed by atoms with Gasteiger partial charge in [0, 0.05) is 38.3 Å². The highest BCUT2D eigenvalue weighted by Crippen LogP contribution is 2.27. The van der Waals surface area contributed by atoms with Crippen LogP contribution in [-0.4, -0.2) is 100 Å². The molecule has 10 nitrogen and oxygen atoms in total. The van der Waals surface area contributed by atoms with Crippen LogP contribution in [0.25, 0.3) is 0 Å². The van der Waals surface area contributed by atoms with Gasteiger partial charge >= 0.3 is 0 Å². The summed E-state index contributed by atoms with van der Waals surface area (Å²) in [5.41, 5.74) is 0.888. The third-order valence-electron chi connectivity index (χ3n) is 9.97. The molecule has 4 atom stereocenters. The zero-order valence-electron chi connectivity index (χ0n) is 31.4. The highest BCUT2D eigenvalue weighted by Gasteiger charge is 2.41. The van der Waals surface area contributed by atoms with Crippen molar-refractivity contribution in [3.05, 3.63) is 47.5 Å². The van der Waals surface area contributed by atoms with E-state index >= 15 is 0 Å². The van der Waals surface area contributed by atoms with Crippen molar-refractivity contribution in [1.82, 2.24) is 24.9 Å². The number of likely N-dealkylation sites (N-methyl/N-ethyl adjacent to an activating group) is 1. The van der Waals surface area contributed by atoms with Crippen molar-refractivity contribution in [3.8, 4) is 6.07 Å². The van der Waals surface area contributed by atoms with Crippen LogP contribution in [0.1, 0.15) is 99.5 Å². The van der Waals surface area contributed by atoms with Crippen molar-refractivity contribution in [1.29, 1.82) is 5.26 Å². The third kappa shape index (κ3) is 10.4. The molecule has 2 saturated heterocycles. The molecule has 0 aliphatic carbocycles. The molecule has 1 unspecified atom stereocenters. The Morgan fingerprint density at radius 2 is 1.65 bits per heavy atom. The van der Waals surface area contributed by atoms with Gasteiger partial charge in [0.05, 0.1) is 24.6 Å². The van der Waals surface area contributed by atoms with Gasteiger partial charge in [-0.15, -0.1) is 0 Å². The van der Waals surface area contributed by atoms with E-state index < -0.39 is 23.5 Å². The van der Waals surface area contributed by atoms with Crippen LogP contribution in [0.5, 0.6) is 0 Å². The number of hydrogen-bond acceptors (Lipinski definition) is 6. The van der Waals surface area contributed by atoms with E-state index in [0.717, 1.165) is 31.4 Å². The minimum Gasteiger partial charge on any atom is -0.342 e. The van der Waals surface area contributed by atoms with Gasteiger partial charge in [-0.05, 0) is 69.9 Å². The summed E-state index contributed by atoms with van der Waals surface area (Å²) in [6, 6.07) is 9.99. The number of rotatable bonds is 13. The quantitative estimate of drug-likeness (QED) is 0.289. The molecule has 2 aliphatic rings. The van der Waals surface area contributed by atoms with E-state index in [1.807, 2.05) is 71.0 Å². The number of carbonyl (C=O) groups excluding carboxylic acids is 4. The van der Waals surface area contributed by atoms with Crippen LogP contribution in [0.15, 0.2) is 42.0 Å². The van der Waals surface area contributed by atoms with Crippen LogP contribution in [0.3, 0.4) is 0 Å². The molecule has 10 heteroatoms. The van der Waals surface area contributed by atoms with Crippen molar-refractivity contribution in [2.45, 2.75) is 131 Å². The lowest BCUT2D eigenvalue weighted by atomic mass is 9.84. The summed E-state index contributed by atoms with van der Waals surface area (Å²) in [6.07, 6.45) is 6.13. The summed E-state index contributed by atoms with van der Waals surface area (Å²) in [5.74, 6) is -0.714. The Bertz CT molecular complexity index is 1360. The minimum absolute atomic E-state index is 0.0221. The van der Waals surface area contributed by atoms with Crippen LogP contribution >= 0.6 is 0 Å². The number of nitriles is 1. The Balaban J connectivity index is 1.81. The summed E-state index contributed by atoms with van der Waals surface area (Å²) >= 11 is 0. The molecule has 1 aromatic rings. The van der Waals surface area contributed by atoms with Gasteiger partial charge < -0.3 is 20.0 Å². The van der Waals surface area contributed by atoms with Gasteiger partial charge in [0.1, 0.15) is 12.1 Å². The van der Waals surface area contributed by atoms with E-state index in [-0.39, 0.29) is 48.1 Å². The fourth-order valence-electron chi connectivity index (χ4n) is 7.13. The molecular weight excluding hydrogens is 616 g/mol. The molecule has 0 saturated carbocycles. The highest BCUT2D eigenvalue weighted by atomic mass is 16.2. The first kappa shape index (κ1) is 39.7. The van der Waals surface area contributed by atoms with E-state index in [1.165, 1.54) is 0 Å². The predicted octanol–water partition coefficient (Wildman–Crippen LogP) is 5.14. The van der Waals surface area contributed by atoms with Crippen molar-refractivity contribution in [3.63, 3.8) is 0 Å². The SMILES string of the molecule is CC(=C[C@H](C(C)C)N(C)C(=O)[C@@H](NC(=O)C1CCCCN1C(C)C)C(C)(C)C)C(=O)N1CCC[C@H]1C(=O)N(CCC#N)Cc1ccccc1.